The minimum absolute atomic E-state index is 0.271. The van der Waals surface area contributed by atoms with Gasteiger partial charge in [-0.1, -0.05) is 6.07 Å². The van der Waals surface area contributed by atoms with Crippen LogP contribution in [0.2, 0.25) is 0 Å². The number of hydrogen-bond acceptors (Lipinski definition) is 3. The summed E-state index contributed by atoms with van der Waals surface area (Å²) in [6.07, 6.45) is -0.271. The molecule has 0 bridgehead atoms. The molecule has 3 heteroatoms. The highest BCUT2D eigenvalue weighted by Crippen LogP contribution is 2.17. The van der Waals surface area contributed by atoms with E-state index in [-0.39, 0.29) is 6.10 Å². The van der Waals surface area contributed by atoms with Crippen LogP contribution in [0.1, 0.15) is 24.8 Å². The van der Waals surface area contributed by atoms with E-state index in [0.717, 1.165) is 0 Å². The van der Waals surface area contributed by atoms with Gasteiger partial charge in [-0.3, -0.25) is 0 Å². The van der Waals surface area contributed by atoms with Gasteiger partial charge in [0.15, 0.2) is 0 Å². The van der Waals surface area contributed by atoms with Crippen LogP contribution in [-0.4, -0.2) is 17.8 Å². The zero-order valence-corrected chi connectivity index (χ0v) is 8.27. The summed E-state index contributed by atoms with van der Waals surface area (Å²) in [5.41, 5.74) is 0. The summed E-state index contributed by atoms with van der Waals surface area (Å²) < 4.78 is 0. The van der Waals surface area contributed by atoms with Crippen LogP contribution in [0, 0.1) is 0 Å². The zero-order chi connectivity index (χ0) is 8.97. The van der Waals surface area contributed by atoms with E-state index in [4.69, 9.17) is 5.11 Å². The van der Waals surface area contributed by atoms with Crippen LogP contribution < -0.4 is 5.32 Å². The fourth-order valence-electron chi connectivity index (χ4n) is 0.986. The molecular formula is C9H15NOS. The molecule has 0 radical (unpaired) electrons. The first kappa shape index (κ1) is 9.71. The van der Waals surface area contributed by atoms with Gasteiger partial charge in [0.05, 0.1) is 6.10 Å². The van der Waals surface area contributed by atoms with Crippen molar-refractivity contribution in [2.75, 3.05) is 6.54 Å². The van der Waals surface area contributed by atoms with Crippen LogP contribution in [0.3, 0.4) is 0 Å². The molecule has 1 aromatic heterocycles. The molecule has 2 nitrogen and oxygen atoms in total. The molecule has 1 aromatic rings. The second-order valence-electron chi connectivity index (χ2n) is 2.99. The van der Waals surface area contributed by atoms with Crippen LogP contribution in [0.25, 0.3) is 0 Å². The van der Waals surface area contributed by atoms with Gasteiger partial charge in [0.1, 0.15) is 0 Å². The van der Waals surface area contributed by atoms with Crippen LogP contribution >= 0.6 is 11.3 Å². The molecule has 2 atom stereocenters. The van der Waals surface area contributed by atoms with Gasteiger partial charge in [0.25, 0.3) is 0 Å². The third-order valence-electron chi connectivity index (χ3n) is 1.69. The maximum Gasteiger partial charge on any atom is 0.0636 e. The highest BCUT2D eigenvalue weighted by molar-refractivity contribution is 7.10. The monoisotopic (exact) mass is 185 g/mol. The van der Waals surface area contributed by atoms with E-state index >= 15 is 0 Å². The van der Waals surface area contributed by atoms with Gasteiger partial charge >= 0.3 is 0 Å². The summed E-state index contributed by atoms with van der Waals surface area (Å²) in [4.78, 5) is 1.32. The second kappa shape index (κ2) is 4.60. The molecule has 0 saturated heterocycles. The third kappa shape index (κ3) is 2.93. The highest BCUT2D eigenvalue weighted by Gasteiger charge is 2.05. The van der Waals surface area contributed by atoms with Gasteiger partial charge in [-0.2, -0.15) is 0 Å². The number of aliphatic hydroxyl groups excluding tert-OH is 1. The SMILES string of the molecule is CC(NC[C@@H](C)O)c1cccs1. The fourth-order valence-corrected chi connectivity index (χ4v) is 1.74. The molecule has 0 amide bonds. The van der Waals surface area contributed by atoms with E-state index in [1.165, 1.54) is 4.88 Å². The molecule has 0 fully saturated rings. The van der Waals surface area contributed by atoms with E-state index in [1.54, 1.807) is 18.3 Å². The van der Waals surface area contributed by atoms with E-state index < -0.39 is 0 Å². The number of aliphatic hydroxyl groups is 1. The van der Waals surface area contributed by atoms with E-state index in [2.05, 4.69) is 23.7 Å². The minimum Gasteiger partial charge on any atom is -0.392 e. The van der Waals surface area contributed by atoms with Crippen LogP contribution in [-0.2, 0) is 0 Å². The Morgan fingerprint density at radius 2 is 2.33 bits per heavy atom. The molecule has 12 heavy (non-hydrogen) atoms. The molecule has 0 aliphatic carbocycles. The van der Waals surface area contributed by atoms with Crippen LogP contribution in [0.4, 0.5) is 0 Å². The molecule has 0 aromatic carbocycles. The van der Waals surface area contributed by atoms with Crippen molar-refractivity contribution in [2.24, 2.45) is 0 Å². The Labute approximate surface area is 77.2 Å². The third-order valence-corrected chi connectivity index (χ3v) is 2.74. The van der Waals surface area contributed by atoms with E-state index in [9.17, 15) is 0 Å². The molecule has 0 saturated carbocycles. The summed E-state index contributed by atoms with van der Waals surface area (Å²) in [6, 6.07) is 4.49. The Kier molecular flexibility index (Phi) is 3.72. The number of nitrogens with one attached hydrogen (secondary N) is 1. The first-order valence-corrected chi connectivity index (χ1v) is 5.03. The first-order chi connectivity index (χ1) is 5.70. The summed E-state index contributed by atoms with van der Waals surface area (Å²) in [7, 11) is 0. The molecule has 2 N–H and O–H groups in total. The molecule has 0 aliphatic heterocycles. The van der Waals surface area contributed by atoms with Crippen molar-refractivity contribution in [3.8, 4) is 0 Å². The van der Waals surface area contributed by atoms with Crippen molar-refractivity contribution in [1.82, 2.24) is 5.32 Å². The number of rotatable bonds is 4. The van der Waals surface area contributed by atoms with E-state index in [1.807, 2.05) is 6.07 Å². The normalized spacial score (nSPS) is 15.9. The van der Waals surface area contributed by atoms with Crippen molar-refractivity contribution in [2.45, 2.75) is 26.0 Å². The van der Waals surface area contributed by atoms with Gasteiger partial charge in [-0.15, -0.1) is 11.3 Å². The van der Waals surface area contributed by atoms with Gasteiger partial charge in [0, 0.05) is 17.5 Å². The Morgan fingerprint density at radius 1 is 1.58 bits per heavy atom. The molecule has 1 rings (SSSR count). The number of hydrogen-bond donors (Lipinski definition) is 2. The molecule has 1 unspecified atom stereocenters. The lowest BCUT2D eigenvalue weighted by Gasteiger charge is -2.12. The molecule has 68 valence electrons. The summed E-state index contributed by atoms with van der Waals surface area (Å²) >= 11 is 1.74. The predicted octanol–water partition coefficient (Wildman–Crippen LogP) is 1.78. The lowest BCUT2D eigenvalue weighted by molar-refractivity contribution is 0.187. The summed E-state index contributed by atoms with van der Waals surface area (Å²) in [5, 5.41) is 14.3. The van der Waals surface area contributed by atoms with Crippen molar-refractivity contribution in [3.63, 3.8) is 0 Å². The maximum atomic E-state index is 9.04. The Hall–Kier alpha value is -0.380. The fraction of sp³-hybridized carbons (Fsp3) is 0.556. The molecule has 0 aliphatic rings. The Balaban J connectivity index is 2.34. The summed E-state index contributed by atoms with van der Waals surface area (Å²) in [5.74, 6) is 0. The van der Waals surface area contributed by atoms with Gasteiger partial charge in [-0.25, -0.2) is 0 Å². The van der Waals surface area contributed by atoms with Crippen molar-refractivity contribution < 1.29 is 5.11 Å². The van der Waals surface area contributed by atoms with Gasteiger partial charge in [0.2, 0.25) is 0 Å². The molecular weight excluding hydrogens is 170 g/mol. The lowest BCUT2D eigenvalue weighted by Crippen LogP contribution is -2.26. The summed E-state index contributed by atoms with van der Waals surface area (Å²) in [6.45, 7) is 4.54. The second-order valence-corrected chi connectivity index (χ2v) is 3.97. The van der Waals surface area contributed by atoms with Crippen molar-refractivity contribution in [1.29, 1.82) is 0 Å². The average molecular weight is 185 g/mol. The lowest BCUT2D eigenvalue weighted by atomic mass is 10.2. The van der Waals surface area contributed by atoms with Crippen molar-refractivity contribution in [3.05, 3.63) is 22.4 Å². The highest BCUT2D eigenvalue weighted by atomic mass is 32.1. The first-order valence-electron chi connectivity index (χ1n) is 4.15. The van der Waals surface area contributed by atoms with Gasteiger partial charge in [-0.05, 0) is 25.3 Å². The average Bonchev–Trinajstić information content (AvgIpc) is 2.51. The predicted molar refractivity (Wildman–Crippen MR) is 52.4 cm³/mol. The molecule has 1 heterocycles. The van der Waals surface area contributed by atoms with Crippen molar-refractivity contribution >= 4 is 11.3 Å². The largest absolute Gasteiger partial charge is 0.392 e. The van der Waals surface area contributed by atoms with Crippen LogP contribution in [0.15, 0.2) is 17.5 Å². The number of thiophene rings is 1. The zero-order valence-electron chi connectivity index (χ0n) is 7.45. The topological polar surface area (TPSA) is 32.3 Å². The van der Waals surface area contributed by atoms with Gasteiger partial charge < -0.3 is 10.4 Å². The standard InChI is InChI=1S/C9H15NOS/c1-7(11)6-10-8(2)9-4-3-5-12-9/h3-5,7-8,10-11H,6H2,1-2H3/t7-,8?/m1/s1. The quantitative estimate of drug-likeness (QED) is 0.749. The smallest absolute Gasteiger partial charge is 0.0636 e. The van der Waals surface area contributed by atoms with Crippen LogP contribution in [0.5, 0.6) is 0 Å². The van der Waals surface area contributed by atoms with E-state index in [0.29, 0.717) is 12.6 Å². The molecule has 0 spiro atoms. The Morgan fingerprint density at radius 3 is 2.83 bits per heavy atom. The Bertz CT molecular complexity index is 208. The minimum atomic E-state index is -0.271. The maximum absolute atomic E-state index is 9.04.